The van der Waals surface area contributed by atoms with Gasteiger partial charge in [-0.05, 0) is 25.0 Å². The number of hydrogen-bond donors (Lipinski definition) is 2. The molecule has 1 amide bonds. The van der Waals surface area contributed by atoms with Crippen LogP contribution in [0.5, 0.6) is 0 Å². The molecule has 0 spiro atoms. The SMILES string of the molecule is O=C(O)CC1CCCN1C(=O)Cn1c(=O)[nH]c2ccccc2c1=O. The first-order valence-electron chi connectivity index (χ1n) is 7.70. The number of aromatic amines is 1. The molecule has 2 aromatic rings. The summed E-state index contributed by atoms with van der Waals surface area (Å²) >= 11 is 0. The summed E-state index contributed by atoms with van der Waals surface area (Å²) in [6.45, 7) is 0.0478. The second kappa shape index (κ2) is 6.31. The van der Waals surface area contributed by atoms with E-state index in [0.29, 0.717) is 30.3 Å². The Hall–Kier alpha value is -2.90. The number of nitrogens with one attached hydrogen (secondary N) is 1. The van der Waals surface area contributed by atoms with Crippen molar-refractivity contribution in [2.45, 2.75) is 31.8 Å². The van der Waals surface area contributed by atoms with Crippen LogP contribution in [0, 0.1) is 0 Å². The lowest BCUT2D eigenvalue weighted by atomic mass is 10.1. The van der Waals surface area contributed by atoms with Gasteiger partial charge in [-0.15, -0.1) is 0 Å². The van der Waals surface area contributed by atoms with E-state index in [0.717, 1.165) is 4.57 Å². The van der Waals surface area contributed by atoms with Crippen molar-refractivity contribution in [3.05, 3.63) is 45.1 Å². The van der Waals surface area contributed by atoms with E-state index in [1.54, 1.807) is 24.3 Å². The Labute approximate surface area is 136 Å². The Bertz CT molecular complexity index is 914. The van der Waals surface area contributed by atoms with Gasteiger partial charge in [0.05, 0.1) is 17.3 Å². The number of carbonyl (C=O) groups is 2. The molecule has 2 N–H and O–H groups in total. The molecule has 1 fully saturated rings. The topological polar surface area (TPSA) is 112 Å². The number of likely N-dealkylation sites (tertiary alicyclic amines) is 1. The van der Waals surface area contributed by atoms with Crippen LogP contribution in [0.1, 0.15) is 19.3 Å². The molecular weight excluding hydrogens is 314 g/mol. The number of hydrogen-bond acceptors (Lipinski definition) is 4. The van der Waals surface area contributed by atoms with Gasteiger partial charge in [0.1, 0.15) is 6.54 Å². The Morgan fingerprint density at radius 2 is 2.00 bits per heavy atom. The molecule has 2 heterocycles. The molecule has 1 aliphatic rings. The van der Waals surface area contributed by atoms with Crippen LogP contribution in [0.4, 0.5) is 0 Å². The van der Waals surface area contributed by atoms with E-state index in [2.05, 4.69) is 4.98 Å². The first-order chi connectivity index (χ1) is 11.5. The number of H-pyrrole nitrogens is 1. The number of rotatable bonds is 4. The number of carbonyl (C=O) groups excluding carboxylic acids is 1. The predicted octanol–water partition coefficient (Wildman–Crippen LogP) is 0.155. The lowest BCUT2D eigenvalue weighted by molar-refractivity contribution is -0.140. The van der Waals surface area contributed by atoms with Gasteiger partial charge in [0, 0.05) is 12.6 Å². The second-order valence-corrected chi connectivity index (χ2v) is 5.85. The monoisotopic (exact) mass is 331 g/mol. The van der Waals surface area contributed by atoms with E-state index in [1.165, 1.54) is 4.90 Å². The highest BCUT2D eigenvalue weighted by molar-refractivity contribution is 5.79. The van der Waals surface area contributed by atoms with Crippen LogP contribution in [0.3, 0.4) is 0 Å². The van der Waals surface area contributed by atoms with Crippen molar-refractivity contribution < 1.29 is 14.7 Å². The summed E-state index contributed by atoms with van der Waals surface area (Å²) in [6.07, 6.45) is 1.20. The summed E-state index contributed by atoms with van der Waals surface area (Å²) in [6, 6.07) is 6.20. The highest BCUT2D eigenvalue weighted by atomic mass is 16.4. The number of amides is 1. The Kier molecular flexibility index (Phi) is 4.20. The van der Waals surface area contributed by atoms with Crippen LogP contribution in [-0.2, 0) is 16.1 Å². The molecule has 0 saturated carbocycles. The molecule has 8 heteroatoms. The summed E-state index contributed by atoms with van der Waals surface area (Å²) in [7, 11) is 0. The van der Waals surface area contributed by atoms with Crippen LogP contribution in [-0.4, -0.2) is 44.0 Å². The molecule has 1 unspecified atom stereocenters. The maximum Gasteiger partial charge on any atom is 0.329 e. The highest BCUT2D eigenvalue weighted by Crippen LogP contribution is 2.20. The van der Waals surface area contributed by atoms with Crippen molar-refractivity contribution >= 4 is 22.8 Å². The third-order valence-electron chi connectivity index (χ3n) is 4.29. The molecule has 24 heavy (non-hydrogen) atoms. The standard InChI is InChI=1S/C16H17N3O5/c20-13(18-7-3-4-10(18)8-14(21)22)9-19-15(23)11-5-1-2-6-12(11)17-16(19)24/h1-2,5-6,10H,3-4,7-9H2,(H,17,24)(H,21,22). The van der Waals surface area contributed by atoms with Crippen LogP contribution in [0.15, 0.2) is 33.9 Å². The largest absolute Gasteiger partial charge is 0.481 e. The summed E-state index contributed by atoms with van der Waals surface area (Å²) in [5, 5.41) is 9.25. The van der Waals surface area contributed by atoms with Crippen molar-refractivity contribution in [1.82, 2.24) is 14.5 Å². The molecule has 1 aromatic heterocycles. The zero-order valence-electron chi connectivity index (χ0n) is 12.9. The van der Waals surface area contributed by atoms with Gasteiger partial charge in [-0.25, -0.2) is 4.79 Å². The Morgan fingerprint density at radius 3 is 2.75 bits per heavy atom. The number of carboxylic acid groups (broad SMARTS) is 1. The number of carboxylic acids is 1. The Balaban J connectivity index is 1.89. The normalized spacial score (nSPS) is 17.3. The van der Waals surface area contributed by atoms with Gasteiger partial charge in [0.2, 0.25) is 5.91 Å². The first-order valence-corrected chi connectivity index (χ1v) is 7.70. The minimum atomic E-state index is -0.972. The van der Waals surface area contributed by atoms with E-state index in [4.69, 9.17) is 5.11 Å². The lowest BCUT2D eigenvalue weighted by Crippen LogP contribution is -2.44. The van der Waals surface area contributed by atoms with Gasteiger partial charge in [-0.1, -0.05) is 12.1 Å². The van der Waals surface area contributed by atoms with Crippen molar-refractivity contribution in [3.63, 3.8) is 0 Å². The maximum atomic E-state index is 12.5. The van der Waals surface area contributed by atoms with Crippen LogP contribution >= 0.6 is 0 Å². The van der Waals surface area contributed by atoms with Gasteiger partial charge in [-0.3, -0.25) is 19.0 Å². The number of benzene rings is 1. The number of fused-ring (bicyclic) bond motifs is 1. The quantitative estimate of drug-likeness (QED) is 0.828. The average molecular weight is 331 g/mol. The third kappa shape index (κ3) is 2.94. The smallest absolute Gasteiger partial charge is 0.329 e. The van der Waals surface area contributed by atoms with Crippen molar-refractivity contribution in [2.24, 2.45) is 0 Å². The Morgan fingerprint density at radius 1 is 1.25 bits per heavy atom. The third-order valence-corrected chi connectivity index (χ3v) is 4.29. The van der Waals surface area contributed by atoms with Gasteiger partial charge in [0.25, 0.3) is 5.56 Å². The molecule has 0 radical (unpaired) electrons. The van der Waals surface area contributed by atoms with E-state index < -0.39 is 29.7 Å². The molecule has 1 saturated heterocycles. The molecule has 3 rings (SSSR count). The summed E-state index contributed by atoms with van der Waals surface area (Å²) in [4.78, 5) is 51.9. The number of nitrogens with zero attached hydrogens (tertiary/aromatic N) is 2. The number of aromatic nitrogens is 2. The minimum absolute atomic E-state index is 0.130. The van der Waals surface area contributed by atoms with E-state index in [1.807, 2.05) is 0 Å². The number of para-hydroxylation sites is 1. The van der Waals surface area contributed by atoms with Gasteiger partial charge < -0.3 is 15.0 Å². The predicted molar refractivity (Wildman–Crippen MR) is 85.8 cm³/mol. The van der Waals surface area contributed by atoms with Gasteiger partial charge in [0.15, 0.2) is 0 Å². The zero-order chi connectivity index (χ0) is 17.3. The van der Waals surface area contributed by atoms with Crippen molar-refractivity contribution in [2.75, 3.05) is 6.54 Å². The molecular formula is C16H17N3O5. The summed E-state index contributed by atoms with van der Waals surface area (Å²) < 4.78 is 0.862. The molecule has 1 aromatic carbocycles. The minimum Gasteiger partial charge on any atom is -0.481 e. The van der Waals surface area contributed by atoms with Crippen molar-refractivity contribution in [1.29, 1.82) is 0 Å². The summed E-state index contributed by atoms with van der Waals surface area (Å²) in [5.41, 5.74) is -0.765. The van der Waals surface area contributed by atoms with Crippen LogP contribution in [0.25, 0.3) is 10.9 Å². The zero-order valence-corrected chi connectivity index (χ0v) is 12.9. The molecule has 1 atom stereocenters. The molecule has 0 bridgehead atoms. The van der Waals surface area contributed by atoms with Gasteiger partial charge >= 0.3 is 11.7 Å². The number of aliphatic carboxylic acids is 1. The first kappa shape index (κ1) is 16.0. The lowest BCUT2D eigenvalue weighted by Gasteiger charge is -2.23. The highest BCUT2D eigenvalue weighted by Gasteiger charge is 2.30. The summed E-state index contributed by atoms with van der Waals surface area (Å²) in [5.74, 6) is -1.39. The molecule has 0 aliphatic carbocycles. The second-order valence-electron chi connectivity index (χ2n) is 5.85. The maximum absolute atomic E-state index is 12.5. The fraction of sp³-hybridized carbons (Fsp3) is 0.375. The fourth-order valence-corrected chi connectivity index (χ4v) is 3.15. The van der Waals surface area contributed by atoms with Gasteiger partial charge in [-0.2, -0.15) is 0 Å². The van der Waals surface area contributed by atoms with E-state index >= 15 is 0 Å². The molecule has 126 valence electrons. The fourth-order valence-electron chi connectivity index (χ4n) is 3.15. The van der Waals surface area contributed by atoms with E-state index in [9.17, 15) is 19.2 Å². The molecule has 8 nitrogen and oxygen atoms in total. The van der Waals surface area contributed by atoms with Crippen LogP contribution < -0.4 is 11.2 Å². The average Bonchev–Trinajstić information content (AvgIpc) is 2.98. The molecule has 1 aliphatic heterocycles. The van der Waals surface area contributed by atoms with E-state index in [-0.39, 0.29) is 12.5 Å². The van der Waals surface area contributed by atoms with Crippen LogP contribution in [0.2, 0.25) is 0 Å². The van der Waals surface area contributed by atoms with Crippen molar-refractivity contribution in [3.8, 4) is 0 Å².